The second-order valence-corrected chi connectivity index (χ2v) is 7.84. The third kappa shape index (κ3) is 4.63. The van der Waals surface area contributed by atoms with Gasteiger partial charge in [0.2, 0.25) is 5.91 Å². The van der Waals surface area contributed by atoms with Gasteiger partial charge in [-0.05, 0) is 49.8 Å². The molecule has 0 unspecified atom stereocenters. The summed E-state index contributed by atoms with van der Waals surface area (Å²) in [5, 5.41) is 10.1. The van der Waals surface area contributed by atoms with Gasteiger partial charge in [-0.25, -0.2) is 0 Å². The Bertz CT molecular complexity index is 1360. The summed E-state index contributed by atoms with van der Waals surface area (Å²) in [6, 6.07) is 12.6. The van der Waals surface area contributed by atoms with Crippen LogP contribution in [0.15, 0.2) is 54.7 Å². The number of amides is 1. The fraction of sp³-hybridized carbons (Fsp3) is 0.174. The molecule has 3 aromatic heterocycles. The first kappa shape index (κ1) is 22.6. The lowest BCUT2D eigenvalue weighted by Gasteiger charge is -2.09. The van der Waals surface area contributed by atoms with Crippen LogP contribution in [0.25, 0.3) is 17.4 Å². The number of pyridine rings is 1. The number of carbonyl (C=O) groups excluding carboxylic acids is 1. The first-order valence-corrected chi connectivity index (χ1v) is 10.3. The van der Waals surface area contributed by atoms with Crippen molar-refractivity contribution >= 4 is 29.2 Å². The quantitative estimate of drug-likeness (QED) is 0.408. The Balaban J connectivity index is 1.50. The minimum atomic E-state index is -4.57. The summed E-state index contributed by atoms with van der Waals surface area (Å²) in [5.41, 5.74) is 3.04. The average molecular weight is 474 g/mol. The van der Waals surface area contributed by atoms with E-state index in [9.17, 15) is 18.0 Å². The molecule has 0 bridgehead atoms. The first-order chi connectivity index (χ1) is 15.6. The molecule has 3 heterocycles. The zero-order valence-electron chi connectivity index (χ0n) is 17.7. The number of alkyl halides is 3. The van der Waals surface area contributed by atoms with Crippen LogP contribution in [0, 0.1) is 13.8 Å². The molecule has 33 heavy (non-hydrogen) atoms. The number of hydrogen-bond donors (Lipinski definition) is 1. The Morgan fingerprint density at radius 3 is 2.58 bits per heavy atom. The van der Waals surface area contributed by atoms with Crippen molar-refractivity contribution in [1.82, 2.24) is 24.5 Å². The maximum absolute atomic E-state index is 13.1. The number of para-hydroxylation sites is 1. The van der Waals surface area contributed by atoms with Crippen molar-refractivity contribution in [2.45, 2.75) is 26.6 Å². The summed E-state index contributed by atoms with van der Waals surface area (Å²) < 4.78 is 42.5. The number of nitrogens with zero attached hydrogens (tertiary/aromatic N) is 4. The number of rotatable bonds is 5. The molecule has 1 aromatic carbocycles. The molecule has 4 rings (SSSR count). The zero-order valence-corrected chi connectivity index (χ0v) is 18.4. The van der Waals surface area contributed by atoms with E-state index in [-0.39, 0.29) is 23.0 Å². The molecule has 0 atom stereocenters. The number of carbonyl (C=O) groups is 1. The number of nitrogens with one attached hydrogen (secondary N) is 1. The lowest BCUT2D eigenvalue weighted by molar-refractivity contribution is -0.137. The number of aromatic nitrogens is 4. The molecular weight excluding hydrogens is 455 g/mol. The summed E-state index contributed by atoms with van der Waals surface area (Å²) in [5.74, 6) is -0.295. The Morgan fingerprint density at radius 1 is 1.15 bits per heavy atom. The summed E-state index contributed by atoms with van der Waals surface area (Å²) >= 11 is 5.91. The third-order valence-corrected chi connectivity index (χ3v) is 5.46. The molecule has 0 saturated carbocycles. The molecule has 10 heteroatoms. The van der Waals surface area contributed by atoms with Gasteiger partial charge in [0.15, 0.2) is 11.5 Å². The highest BCUT2D eigenvalue weighted by Gasteiger charge is 2.32. The van der Waals surface area contributed by atoms with Gasteiger partial charge in [-0.2, -0.15) is 13.2 Å². The molecule has 4 aromatic rings. The highest BCUT2D eigenvalue weighted by molar-refractivity contribution is 6.33. The predicted molar refractivity (Wildman–Crippen MR) is 119 cm³/mol. The van der Waals surface area contributed by atoms with Gasteiger partial charge in [0.1, 0.15) is 0 Å². The van der Waals surface area contributed by atoms with Gasteiger partial charge in [0, 0.05) is 29.3 Å². The van der Waals surface area contributed by atoms with E-state index in [1.165, 1.54) is 6.08 Å². The highest BCUT2D eigenvalue weighted by Crippen LogP contribution is 2.32. The van der Waals surface area contributed by atoms with Crippen molar-refractivity contribution in [3.05, 3.63) is 88.1 Å². The Kier molecular flexibility index (Phi) is 5.99. The van der Waals surface area contributed by atoms with E-state index in [1.54, 1.807) is 6.08 Å². The fourth-order valence-corrected chi connectivity index (χ4v) is 3.84. The summed E-state index contributed by atoms with van der Waals surface area (Å²) in [6.07, 6.45) is -0.652. The van der Waals surface area contributed by atoms with Crippen LogP contribution in [-0.2, 0) is 17.5 Å². The minimum Gasteiger partial charge on any atom is -0.345 e. The first-order valence-electron chi connectivity index (χ1n) is 9.96. The molecule has 0 radical (unpaired) electrons. The van der Waals surface area contributed by atoms with Crippen molar-refractivity contribution in [1.29, 1.82) is 0 Å². The average Bonchev–Trinajstić information content (AvgIpc) is 3.31. The molecule has 1 N–H and O–H groups in total. The van der Waals surface area contributed by atoms with E-state index < -0.39 is 17.6 Å². The maximum atomic E-state index is 13.1. The van der Waals surface area contributed by atoms with Crippen LogP contribution in [0.2, 0.25) is 5.02 Å². The third-order valence-electron chi connectivity index (χ3n) is 5.18. The number of hydrogen-bond acceptors (Lipinski definition) is 3. The van der Waals surface area contributed by atoms with Gasteiger partial charge in [-0.15, -0.1) is 10.2 Å². The molecule has 0 aliphatic rings. The summed E-state index contributed by atoms with van der Waals surface area (Å²) in [6.45, 7) is 3.82. The molecule has 1 amide bonds. The number of aryl methyl sites for hydroxylation is 1. The van der Waals surface area contributed by atoms with Gasteiger partial charge in [0.25, 0.3) is 0 Å². The van der Waals surface area contributed by atoms with E-state index in [4.69, 9.17) is 11.6 Å². The van der Waals surface area contributed by atoms with Gasteiger partial charge in [-0.1, -0.05) is 29.8 Å². The molecule has 0 spiro atoms. The monoisotopic (exact) mass is 473 g/mol. The van der Waals surface area contributed by atoms with Crippen LogP contribution >= 0.6 is 11.6 Å². The molecule has 170 valence electrons. The maximum Gasteiger partial charge on any atom is 0.417 e. The van der Waals surface area contributed by atoms with Crippen molar-refractivity contribution < 1.29 is 18.0 Å². The highest BCUT2D eigenvalue weighted by atomic mass is 35.5. The van der Waals surface area contributed by atoms with Crippen LogP contribution in [0.3, 0.4) is 0 Å². The summed E-state index contributed by atoms with van der Waals surface area (Å²) in [4.78, 5) is 12.3. The van der Waals surface area contributed by atoms with E-state index >= 15 is 0 Å². The Labute approximate surface area is 192 Å². The van der Waals surface area contributed by atoms with E-state index in [1.807, 2.05) is 50.2 Å². The van der Waals surface area contributed by atoms with E-state index in [0.29, 0.717) is 0 Å². The minimum absolute atomic E-state index is 0.0813. The SMILES string of the molecule is Cc1cc(C=CC(=O)NCc2nnc3c(Cl)cc(C(F)(F)F)cn23)c(C)n1-c1ccccc1. The Morgan fingerprint density at radius 2 is 1.88 bits per heavy atom. The lowest BCUT2D eigenvalue weighted by atomic mass is 10.2. The van der Waals surface area contributed by atoms with Crippen molar-refractivity contribution in [2.75, 3.05) is 0 Å². The van der Waals surface area contributed by atoms with E-state index in [0.717, 1.165) is 39.3 Å². The molecular formula is C23H19ClF3N5O. The number of benzene rings is 1. The number of halogens is 4. The topological polar surface area (TPSA) is 64.2 Å². The van der Waals surface area contributed by atoms with Crippen molar-refractivity contribution in [2.24, 2.45) is 0 Å². The van der Waals surface area contributed by atoms with Crippen LogP contribution < -0.4 is 5.32 Å². The molecule has 6 nitrogen and oxygen atoms in total. The van der Waals surface area contributed by atoms with Crippen LogP contribution in [-0.4, -0.2) is 25.1 Å². The Hall–Kier alpha value is -3.59. The van der Waals surface area contributed by atoms with Crippen molar-refractivity contribution in [3.63, 3.8) is 0 Å². The largest absolute Gasteiger partial charge is 0.417 e. The normalized spacial score (nSPS) is 12.1. The van der Waals surface area contributed by atoms with E-state index in [2.05, 4.69) is 20.1 Å². The predicted octanol–water partition coefficient (Wildman–Crippen LogP) is 5.14. The molecule has 0 aliphatic carbocycles. The number of fused-ring (bicyclic) bond motifs is 1. The van der Waals surface area contributed by atoms with Crippen LogP contribution in [0.1, 0.15) is 28.3 Å². The molecule has 0 fully saturated rings. The van der Waals surface area contributed by atoms with Crippen LogP contribution in [0.4, 0.5) is 13.2 Å². The fourth-order valence-electron chi connectivity index (χ4n) is 3.60. The smallest absolute Gasteiger partial charge is 0.345 e. The lowest BCUT2D eigenvalue weighted by Crippen LogP contribution is -2.22. The molecule has 0 aliphatic heterocycles. The van der Waals surface area contributed by atoms with Gasteiger partial charge >= 0.3 is 6.18 Å². The van der Waals surface area contributed by atoms with Gasteiger partial charge in [-0.3, -0.25) is 9.20 Å². The zero-order chi connectivity index (χ0) is 23.8. The molecule has 0 saturated heterocycles. The van der Waals surface area contributed by atoms with Crippen LogP contribution in [0.5, 0.6) is 0 Å². The second-order valence-electron chi connectivity index (χ2n) is 7.43. The standard InChI is InChI=1S/C23H19ClF3N5O/c1-14-10-16(15(2)32(14)18-6-4-3-5-7-18)8-9-21(33)28-12-20-29-30-22-19(24)11-17(13-31(20)22)23(25,26)27/h3-11,13H,12H2,1-2H3,(H,28,33). The second kappa shape index (κ2) is 8.74. The van der Waals surface area contributed by atoms with Crippen molar-refractivity contribution in [3.8, 4) is 5.69 Å². The summed E-state index contributed by atoms with van der Waals surface area (Å²) in [7, 11) is 0. The van der Waals surface area contributed by atoms with Gasteiger partial charge in [0.05, 0.1) is 17.1 Å². The van der Waals surface area contributed by atoms with Gasteiger partial charge < -0.3 is 9.88 Å².